The van der Waals surface area contributed by atoms with Gasteiger partial charge in [0.1, 0.15) is 5.35 Å². The number of rotatable bonds is 0. The van der Waals surface area contributed by atoms with Crippen LogP contribution in [0.5, 0.6) is 0 Å². The van der Waals surface area contributed by atoms with E-state index < -0.39 is 0 Å². The maximum Gasteiger partial charge on any atom is 0.110 e. The number of hydrogen-bond donors (Lipinski definition) is 2. The topological polar surface area (TPSA) is 49.8 Å². The highest BCUT2D eigenvalue weighted by molar-refractivity contribution is 5.54. The average Bonchev–Trinajstić information content (AvgIpc) is 2.44. The summed E-state index contributed by atoms with van der Waals surface area (Å²) in [6.45, 7) is 0.905. The second-order valence-corrected chi connectivity index (χ2v) is 3.38. The molecule has 1 aliphatic heterocycles. The quantitative estimate of drug-likeness (QED) is 0.498. The first kappa shape index (κ1) is 7.03. The molecule has 0 radical (unpaired) electrons. The van der Waals surface area contributed by atoms with E-state index in [1.807, 2.05) is 12.4 Å². The second kappa shape index (κ2) is 2.53. The minimum absolute atomic E-state index is 0.905. The first-order chi connectivity index (χ1) is 6.45. The summed E-state index contributed by atoms with van der Waals surface area (Å²) >= 11 is 0. The molecular weight excluding hydrogens is 164 g/mol. The van der Waals surface area contributed by atoms with Gasteiger partial charge in [0, 0.05) is 18.0 Å². The van der Waals surface area contributed by atoms with Gasteiger partial charge in [0.15, 0.2) is 0 Å². The Labute approximate surface area is 75.3 Å². The maximum absolute atomic E-state index is 4.10. The third kappa shape index (κ3) is 0.954. The van der Waals surface area contributed by atoms with E-state index in [1.54, 1.807) is 0 Å². The second-order valence-electron chi connectivity index (χ2n) is 3.38. The van der Waals surface area contributed by atoms with Gasteiger partial charge in [-0.2, -0.15) is 5.10 Å². The lowest BCUT2D eigenvalue weighted by Crippen LogP contribution is -2.33. The zero-order valence-electron chi connectivity index (χ0n) is 7.17. The minimum Gasteiger partial charge on any atom is -0.326 e. The molecule has 0 aromatic carbocycles. The fourth-order valence-electron chi connectivity index (χ4n) is 2.00. The maximum atomic E-state index is 4.10. The van der Waals surface area contributed by atoms with Crippen LogP contribution in [0.15, 0.2) is 6.20 Å². The van der Waals surface area contributed by atoms with E-state index in [0.717, 1.165) is 24.7 Å². The fraction of sp³-hybridized carbons (Fsp3) is 0.333. The van der Waals surface area contributed by atoms with Crippen LogP contribution in [0.4, 0.5) is 0 Å². The smallest absolute Gasteiger partial charge is 0.110 e. The molecule has 2 N–H and O–H groups in total. The summed E-state index contributed by atoms with van der Waals surface area (Å²) in [5.74, 6) is 0. The highest BCUT2D eigenvalue weighted by atomic mass is 15.3. The lowest BCUT2D eigenvalue weighted by Gasteiger charge is -2.01. The van der Waals surface area contributed by atoms with Gasteiger partial charge < -0.3 is 5.43 Å². The van der Waals surface area contributed by atoms with E-state index in [0.29, 0.717) is 0 Å². The van der Waals surface area contributed by atoms with E-state index >= 15 is 0 Å². The molecule has 4 nitrogen and oxygen atoms in total. The first-order valence-electron chi connectivity index (χ1n) is 4.46. The van der Waals surface area contributed by atoms with Crippen molar-refractivity contribution in [3.8, 4) is 0 Å². The van der Waals surface area contributed by atoms with E-state index in [4.69, 9.17) is 0 Å². The molecule has 1 aromatic heterocycles. The molecule has 0 bridgehead atoms. The molecule has 0 amide bonds. The lowest BCUT2D eigenvalue weighted by atomic mass is 10.2. The van der Waals surface area contributed by atoms with Crippen molar-refractivity contribution >= 4 is 11.8 Å². The summed E-state index contributed by atoms with van der Waals surface area (Å²) in [6.07, 6.45) is 6.01. The standard InChI is InChI=1S/C9H10N4/c1-2-7-4-12-13-8-5-11-10-3-6(1)9(7)8/h4-5,10-11H,1-3H2. The molecule has 0 fully saturated rings. The Kier molecular flexibility index (Phi) is 1.37. The van der Waals surface area contributed by atoms with Gasteiger partial charge in [-0.15, -0.1) is 5.10 Å². The Balaban J connectivity index is 2.47. The molecule has 0 saturated heterocycles. The first-order valence-corrected chi connectivity index (χ1v) is 4.46. The van der Waals surface area contributed by atoms with Gasteiger partial charge in [0.2, 0.25) is 0 Å². The van der Waals surface area contributed by atoms with Gasteiger partial charge in [-0.05, 0) is 24.0 Å². The van der Waals surface area contributed by atoms with E-state index in [9.17, 15) is 0 Å². The van der Waals surface area contributed by atoms with Crippen molar-refractivity contribution in [1.82, 2.24) is 21.0 Å². The third-order valence-corrected chi connectivity index (χ3v) is 2.62. The fourth-order valence-corrected chi connectivity index (χ4v) is 2.00. The van der Waals surface area contributed by atoms with Crippen LogP contribution in [0, 0.1) is 0 Å². The molecule has 2 aliphatic rings. The summed E-state index contributed by atoms with van der Waals surface area (Å²) in [5.41, 5.74) is 8.90. The summed E-state index contributed by atoms with van der Waals surface area (Å²) < 4.78 is 0. The van der Waals surface area contributed by atoms with Crippen molar-refractivity contribution in [3.05, 3.63) is 22.3 Å². The minimum atomic E-state index is 0.905. The molecule has 1 aliphatic carbocycles. The largest absolute Gasteiger partial charge is 0.326 e. The van der Waals surface area contributed by atoms with Gasteiger partial charge in [-0.25, -0.2) is 5.43 Å². The summed E-state index contributed by atoms with van der Waals surface area (Å²) in [7, 11) is 0. The van der Waals surface area contributed by atoms with Gasteiger partial charge >= 0.3 is 0 Å². The Bertz CT molecular complexity index is 463. The molecule has 2 heterocycles. The number of nitrogens with one attached hydrogen (secondary N) is 2. The number of aryl methyl sites for hydroxylation is 1. The number of aromatic nitrogens is 2. The summed E-state index contributed by atoms with van der Waals surface area (Å²) in [6, 6.07) is 0. The third-order valence-electron chi connectivity index (χ3n) is 2.62. The van der Waals surface area contributed by atoms with Crippen molar-refractivity contribution in [3.63, 3.8) is 0 Å². The Morgan fingerprint density at radius 1 is 1.31 bits per heavy atom. The van der Waals surface area contributed by atoms with Crippen LogP contribution in [-0.2, 0) is 6.42 Å². The average molecular weight is 174 g/mol. The Morgan fingerprint density at radius 3 is 3.31 bits per heavy atom. The van der Waals surface area contributed by atoms with Crippen LogP contribution >= 0.6 is 0 Å². The highest BCUT2D eigenvalue weighted by Crippen LogP contribution is 2.11. The molecule has 4 heteroatoms. The number of nitrogens with zero attached hydrogens (tertiary/aromatic N) is 2. The summed E-state index contributed by atoms with van der Waals surface area (Å²) in [5, 5.41) is 10.4. The molecule has 13 heavy (non-hydrogen) atoms. The predicted octanol–water partition coefficient (Wildman–Crippen LogP) is -1.58. The highest BCUT2D eigenvalue weighted by Gasteiger charge is 2.14. The molecule has 0 atom stereocenters. The van der Waals surface area contributed by atoms with Crippen LogP contribution in [0.3, 0.4) is 0 Å². The molecule has 3 rings (SSSR count). The van der Waals surface area contributed by atoms with Gasteiger partial charge in [-0.1, -0.05) is 0 Å². The van der Waals surface area contributed by atoms with Crippen molar-refractivity contribution < 1.29 is 0 Å². The van der Waals surface area contributed by atoms with Crippen molar-refractivity contribution in [2.75, 3.05) is 6.54 Å². The van der Waals surface area contributed by atoms with Gasteiger partial charge in [0.05, 0.1) is 6.20 Å². The predicted molar refractivity (Wildman–Crippen MR) is 48.6 cm³/mol. The van der Waals surface area contributed by atoms with Crippen LogP contribution < -0.4 is 21.4 Å². The van der Waals surface area contributed by atoms with E-state index in [-0.39, 0.29) is 0 Å². The monoisotopic (exact) mass is 174 g/mol. The number of hydrogen-bond acceptors (Lipinski definition) is 4. The number of hydrazine groups is 1. The lowest BCUT2D eigenvalue weighted by molar-refractivity contribution is 0.710. The molecule has 0 unspecified atom stereocenters. The van der Waals surface area contributed by atoms with Crippen LogP contribution in [0.1, 0.15) is 12.0 Å². The van der Waals surface area contributed by atoms with Crippen LogP contribution in [-0.4, -0.2) is 16.7 Å². The van der Waals surface area contributed by atoms with E-state index in [2.05, 4.69) is 21.0 Å². The Morgan fingerprint density at radius 2 is 2.31 bits per heavy atom. The molecule has 0 spiro atoms. The van der Waals surface area contributed by atoms with Gasteiger partial charge in [-0.3, -0.25) is 0 Å². The van der Waals surface area contributed by atoms with Crippen LogP contribution in [0.25, 0.3) is 11.8 Å². The molecule has 66 valence electrons. The molecule has 0 saturated carbocycles. The van der Waals surface area contributed by atoms with Gasteiger partial charge in [0.25, 0.3) is 0 Å². The zero-order valence-corrected chi connectivity index (χ0v) is 7.17. The molecular formula is C9H10N4. The van der Waals surface area contributed by atoms with E-state index in [1.165, 1.54) is 16.4 Å². The van der Waals surface area contributed by atoms with Crippen molar-refractivity contribution in [2.45, 2.75) is 12.8 Å². The van der Waals surface area contributed by atoms with Crippen molar-refractivity contribution in [2.24, 2.45) is 0 Å². The van der Waals surface area contributed by atoms with Crippen LogP contribution in [0.2, 0.25) is 0 Å². The summed E-state index contributed by atoms with van der Waals surface area (Å²) in [4.78, 5) is 0. The molecule has 1 aromatic rings. The zero-order chi connectivity index (χ0) is 8.67. The Hall–Kier alpha value is -1.42. The SMILES string of the molecule is C1=c2nncc3c2=C(CC3)CNN1. The van der Waals surface area contributed by atoms with Crippen molar-refractivity contribution in [1.29, 1.82) is 0 Å². The normalized spacial score (nSPS) is 18.6.